The highest BCUT2D eigenvalue weighted by Gasteiger charge is 2.75. The van der Waals surface area contributed by atoms with E-state index in [0.717, 1.165) is 36.4 Å². The molecular weight excluding hydrogens is 310 g/mol. The van der Waals surface area contributed by atoms with Gasteiger partial charge in [-0.15, -0.1) is 0 Å². The molecule has 0 N–H and O–H groups in total. The first-order valence-corrected chi connectivity index (χ1v) is 6.20. The Morgan fingerprint density at radius 1 is 0.636 bits per heavy atom. The fraction of sp³-hybridized carbons (Fsp3) is 0.200. The summed E-state index contributed by atoms with van der Waals surface area (Å²) in [7, 11) is 0. The first-order valence-electron chi connectivity index (χ1n) is 6.20. The molecule has 2 aromatic carbocycles. The summed E-state index contributed by atoms with van der Waals surface area (Å²) in [6.07, 6.45) is -11.1. The van der Waals surface area contributed by atoms with E-state index in [0.29, 0.717) is 0 Å². The predicted octanol–water partition coefficient (Wildman–Crippen LogP) is 5.20. The summed E-state index contributed by atoms with van der Waals surface area (Å²) >= 11 is 0. The van der Waals surface area contributed by atoms with E-state index in [1.54, 1.807) is 0 Å². The van der Waals surface area contributed by atoms with Gasteiger partial charge < -0.3 is 4.74 Å². The van der Waals surface area contributed by atoms with Crippen LogP contribution in [-0.4, -0.2) is 12.4 Å². The Kier molecular flexibility index (Phi) is 2.95. The molecule has 0 unspecified atom stereocenters. The zero-order valence-corrected chi connectivity index (χ0v) is 10.8. The average Bonchev–Trinajstić information content (AvgIpc) is 2.41. The maximum atomic E-state index is 13.7. The Bertz CT molecular complexity index is 655. The number of alkyl halides is 6. The lowest BCUT2D eigenvalue weighted by atomic mass is 9.71. The lowest BCUT2D eigenvalue weighted by Crippen LogP contribution is -2.55. The fourth-order valence-corrected chi connectivity index (χ4v) is 2.77. The number of rotatable bonds is 0. The standard InChI is InChI=1S/C15H8F6O/c16-14(17,18)13(15(19,20)21)9-5-1-3-7-11(9)22-12-8-4-2-6-10(12)13/h1-8H. The van der Waals surface area contributed by atoms with Gasteiger partial charge in [-0.05, 0) is 12.1 Å². The minimum absolute atomic E-state index is 0.448. The molecule has 0 bridgehead atoms. The largest absolute Gasteiger partial charge is 0.457 e. The van der Waals surface area contributed by atoms with E-state index in [9.17, 15) is 26.3 Å². The zero-order valence-electron chi connectivity index (χ0n) is 10.8. The van der Waals surface area contributed by atoms with Crippen molar-refractivity contribution in [2.75, 3.05) is 0 Å². The Balaban J connectivity index is 2.48. The monoisotopic (exact) mass is 318 g/mol. The number of benzene rings is 2. The third-order valence-electron chi connectivity index (χ3n) is 3.65. The number of fused-ring (bicyclic) bond motifs is 2. The number of ether oxygens (including phenoxy) is 1. The molecule has 7 heteroatoms. The Morgan fingerprint density at radius 3 is 1.36 bits per heavy atom. The second kappa shape index (κ2) is 4.41. The smallest absolute Gasteiger partial charge is 0.411 e. The number of hydrogen-bond acceptors (Lipinski definition) is 1. The highest BCUT2D eigenvalue weighted by Crippen LogP contribution is 2.62. The maximum absolute atomic E-state index is 13.7. The van der Waals surface area contributed by atoms with Crippen molar-refractivity contribution < 1.29 is 31.1 Å². The number of halogens is 6. The molecule has 1 nitrogen and oxygen atoms in total. The van der Waals surface area contributed by atoms with E-state index in [-0.39, 0.29) is 0 Å². The molecule has 1 heterocycles. The lowest BCUT2D eigenvalue weighted by Gasteiger charge is -2.42. The molecule has 116 valence electrons. The second-order valence-electron chi connectivity index (χ2n) is 4.84. The van der Waals surface area contributed by atoms with E-state index in [2.05, 4.69) is 0 Å². The summed E-state index contributed by atoms with van der Waals surface area (Å²) in [6.45, 7) is 0. The van der Waals surface area contributed by atoms with E-state index in [1.807, 2.05) is 0 Å². The number of hydrogen-bond donors (Lipinski definition) is 0. The van der Waals surface area contributed by atoms with Gasteiger partial charge in [-0.2, -0.15) is 26.3 Å². The van der Waals surface area contributed by atoms with Crippen LogP contribution in [0, 0.1) is 0 Å². The third kappa shape index (κ3) is 1.74. The SMILES string of the molecule is FC(F)(F)C1(C(F)(F)F)c2ccccc2Oc2ccccc21. The zero-order chi connectivity index (χ0) is 16.2. The molecular formula is C15H8F6O. The molecule has 0 saturated heterocycles. The van der Waals surface area contributed by atoms with Gasteiger partial charge in [-0.3, -0.25) is 0 Å². The van der Waals surface area contributed by atoms with Crippen LogP contribution >= 0.6 is 0 Å². The topological polar surface area (TPSA) is 9.23 Å². The van der Waals surface area contributed by atoms with Crippen LogP contribution in [0.4, 0.5) is 26.3 Å². The third-order valence-corrected chi connectivity index (χ3v) is 3.65. The molecule has 3 rings (SSSR count). The van der Waals surface area contributed by atoms with Crippen molar-refractivity contribution in [3.05, 3.63) is 59.7 Å². The van der Waals surface area contributed by atoms with Gasteiger partial charge in [0.15, 0.2) is 0 Å². The van der Waals surface area contributed by atoms with Crippen LogP contribution in [0.3, 0.4) is 0 Å². The summed E-state index contributed by atoms with van der Waals surface area (Å²) in [5.41, 5.74) is -6.01. The van der Waals surface area contributed by atoms with Gasteiger partial charge in [0.2, 0.25) is 5.41 Å². The molecule has 0 radical (unpaired) electrons. The van der Waals surface area contributed by atoms with Crippen molar-refractivity contribution in [2.24, 2.45) is 0 Å². The molecule has 2 aromatic rings. The van der Waals surface area contributed by atoms with Gasteiger partial charge in [0, 0.05) is 11.1 Å². The van der Waals surface area contributed by atoms with Crippen LogP contribution in [0.15, 0.2) is 48.5 Å². The highest BCUT2D eigenvalue weighted by molar-refractivity contribution is 5.60. The molecule has 22 heavy (non-hydrogen) atoms. The van der Waals surface area contributed by atoms with Gasteiger partial charge in [0.05, 0.1) is 0 Å². The van der Waals surface area contributed by atoms with Gasteiger partial charge in [0.25, 0.3) is 0 Å². The van der Waals surface area contributed by atoms with Crippen LogP contribution in [0.2, 0.25) is 0 Å². The second-order valence-corrected chi connectivity index (χ2v) is 4.84. The van der Waals surface area contributed by atoms with Gasteiger partial charge in [0.1, 0.15) is 11.5 Å². The Hall–Kier alpha value is -2.18. The molecule has 0 amide bonds. The van der Waals surface area contributed by atoms with E-state index in [1.165, 1.54) is 12.1 Å². The van der Waals surface area contributed by atoms with Crippen molar-refractivity contribution in [1.29, 1.82) is 0 Å². The van der Waals surface area contributed by atoms with Crippen LogP contribution in [0.25, 0.3) is 0 Å². The van der Waals surface area contributed by atoms with E-state index in [4.69, 9.17) is 4.74 Å². The molecule has 0 fully saturated rings. The average molecular weight is 318 g/mol. The van der Waals surface area contributed by atoms with Crippen molar-refractivity contribution in [1.82, 2.24) is 0 Å². The number of para-hydroxylation sites is 2. The summed E-state index contributed by atoms with van der Waals surface area (Å²) in [5.74, 6) is -0.897. The summed E-state index contributed by atoms with van der Waals surface area (Å²) in [5, 5.41) is 0. The molecule has 0 aliphatic carbocycles. The first-order chi connectivity index (χ1) is 10.2. The van der Waals surface area contributed by atoms with Gasteiger partial charge in [-0.25, -0.2) is 0 Å². The summed E-state index contributed by atoms with van der Waals surface area (Å²) in [4.78, 5) is 0. The fourth-order valence-electron chi connectivity index (χ4n) is 2.77. The van der Waals surface area contributed by atoms with Crippen LogP contribution < -0.4 is 4.74 Å². The van der Waals surface area contributed by atoms with Crippen molar-refractivity contribution >= 4 is 0 Å². The molecule has 0 saturated carbocycles. The van der Waals surface area contributed by atoms with E-state index >= 15 is 0 Å². The summed E-state index contributed by atoms with van der Waals surface area (Å²) < 4.78 is 87.3. The Morgan fingerprint density at radius 2 is 1.00 bits per heavy atom. The molecule has 0 atom stereocenters. The van der Waals surface area contributed by atoms with Gasteiger partial charge >= 0.3 is 12.4 Å². The van der Waals surface area contributed by atoms with Crippen LogP contribution in [0.1, 0.15) is 11.1 Å². The summed E-state index contributed by atoms with van der Waals surface area (Å²) in [6, 6.07) is 8.69. The minimum atomic E-state index is -5.57. The molecule has 1 aliphatic heterocycles. The predicted molar refractivity (Wildman–Crippen MR) is 65.8 cm³/mol. The molecule has 1 aliphatic rings. The quantitative estimate of drug-likeness (QED) is 0.606. The van der Waals surface area contributed by atoms with Gasteiger partial charge in [-0.1, -0.05) is 36.4 Å². The Labute approximate surface area is 121 Å². The van der Waals surface area contributed by atoms with Crippen molar-refractivity contribution in [2.45, 2.75) is 17.8 Å². The van der Waals surface area contributed by atoms with Crippen LogP contribution in [0.5, 0.6) is 11.5 Å². The van der Waals surface area contributed by atoms with Crippen LogP contribution in [-0.2, 0) is 5.41 Å². The maximum Gasteiger partial charge on any atom is 0.411 e. The highest BCUT2D eigenvalue weighted by atomic mass is 19.4. The van der Waals surface area contributed by atoms with Crippen molar-refractivity contribution in [3.8, 4) is 11.5 Å². The molecule has 0 spiro atoms. The van der Waals surface area contributed by atoms with E-state index < -0.39 is 40.4 Å². The lowest BCUT2D eigenvalue weighted by molar-refractivity contribution is -0.290. The normalized spacial score (nSPS) is 16.5. The molecule has 0 aromatic heterocycles. The minimum Gasteiger partial charge on any atom is -0.457 e. The first kappa shape index (κ1) is 14.7. The van der Waals surface area contributed by atoms with Crippen molar-refractivity contribution in [3.63, 3.8) is 0 Å².